The molecule has 0 aliphatic carbocycles. The first kappa shape index (κ1) is 16.9. The fourth-order valence-electron chi connectivity index (χ4n) is 2.74. The Bertz CT molecular complexity index is 327. The van der Waals surface area contributed by atoms with E-state index in [1.807, 2.05) is 6.92 Å². The number of rotatable bonds is 9. The summed E-state index contributed by atoms with van der Waals surface area (Å²) < 4.78 is 4.92. The van der Waals surface area contributed by atoms with Crippen LogP contribution in [0.1, 0.15) is 39.0 Å². The minimum absolute atomic E-state index is 0.130. The third kappa shape index (κ3) is 4.45. The molecule has 0 radical (unpaired) electrons. The van der Waals surface area contributed by atoms with Gasteiger partial charge >= 0.3 is 5.97 Å². The van der Waals surface area contributed by atoms with E-state index in [9.17, 15) is 14.7 Å². The molecule has 3 N–H and O–H groups in total. The number of hydrogen-bond acceptors (Lipinski definition) is 4. The Labute approximate surface area is 120 Å². The van der Waals surface area contributed by atoms with Crippen molar-refractivity contribution in [2.75, 3.05) is 26.8 Å². The van der Waals surface area contributed by atoms with Crippen LogP contribution in [0.4, 0.5) is 0 Å². The lowest BCUT2D eigenvalue weighted by atomic mass is 9.81. The van der Waals surface area contributed by atoms with E-state index in [-0.39, 0.29) is 5.91 Å². The van der Waals surface area contributed by atoms with Crippen molar-refractivity contribution in [1.29, 1.82) is 0 Å². The SMILES string of the molecule is CCCC1(C(=O)NC(CCCOC)C(=O)O)CCNC1. The summed E-state index contributed by atoms with van der Waals surface area (Å²) in [4.78, 5) is 23.7. The largest absolute Gasteiger partial charge is 0.480 e. The summed E-state index contributed by atoms with van der Waals surface area (Å²) in [5.41, 5.74) is -0.441. The molecule has 0 bridgehead atoms. The van der Waals surface area contributed by atoms with Crippen LogP contribution in [-0.4, -0.2) is 49.8 Å². The van der Waals surface area contributed by atoms with E-state index in [1.54, 1.807) is 7.11 Å². The van der Waals surface area contributed by atoms with E-state index in [4.69, 9.17) is 4.74 Å². The summed E-state index contributed by atoms with van der Waals surface area (Å²) in [5, 5.41) is 15.1. The molecule has 1 heterocycles. The van der Waals surface area contributed by atoms with Gasteiger partial charge in [-0.2, -0.15) is 0 Å². The first-order valence-electron chi connectivity index (χ1n) is 7.29. The van der Waals surface area contributed by atoms with Gasteiger partial charge in [0.15, 0.2) is 0 Å². The Hall–Kier alpha value is -1.14. The Morgan fingerprint density at radius 3 is 2.75 bits per heavy atom. The van der Waals surface area contributed by atoms with E-state index < -0.39 is 17.4 Å². The van der Waals surface area contributed by atoms with Gasteiger partial charge < -0.3 is 20.5 Å². The zero-order valence-electron chi connectivity index (χ0n) is 12.4. The monoisotopic (exact) mass is 286 g/mol. The molecule has 1 rings (SSSR count). The van der Waals surface area contributed by atoms with Gasteiger partial charge in [0, 0.05) is 20.3 Å². The Morgan fingerprint density at radius 1 is 1.50 bits per heavy atom. The number of carbonyl (C=O) groups excluding carboxylic acids is 1. The van der Waals surface area contributed by atoms with E-state index in [0.29, 0.717) is 26.0 Å². The average molecular weight is 286 g/mol. The molecule has 1 aliphatic rings. The molecule has 0 saturated carbocycles. The highest BCUT2D eigenvalue weighted by Crippen LogP contribution is 2.31. The van der Waals surface area contributed by atoms with Gasteiger partial charge in [-0.3, -0.25) is 4.79 Å². The van der Waals surface area contributed by atoms with Crippen molar-refractivity contribution in [3.05, 3.63) is 0 Å². The second-order valence-electron chi connectivity index (χ2n) is 5.46. The van der Waals surface area contributed by atoms with Crippen molar-refractivity contribution < 1.29 is 19.4 Å². The molecule has 6 nitrogen and oxygen atoms in total. The Kier molecular flexibility index (Phi) is 6.95. The van der Waals surface area contributed by atoms with Gasteiger partial charge in [-0.05, 0) is 32.2 Å². The van der Waals surface area contributed by atoms with Crippen LogP contribution in [0.15, 0.2) is 0 Å². The summed E-state index contributed by atoms with van der Waals surface area (Å²) in [7, 11) is 1.58. The predicted molar refractivity (Wildman–Crippen MR) is 75.5 cm³/mol. The van der Waals surface area contributed by atoms with Crippen LogP contribution in [0.5, 0.6) is 0 Å². The van der Waals surface area contributed by atoms with Crippen molar-refractivity contribution in [3.8, 4) is 0 Å². The minimum Gasteiger partial charge on any atom is -0.480 e. The first-order chi connectivity index (χ1) is 9.55. The summed E-state index contributed by atoms with van der Waals surface area (Å²) in [6, 6.07) is -0.827. The second-order valence-corrected chi connectivity index (χ2v) is 5.46. The number of aliphatic carboxylic acids is 1. The maximum Gasteiger partial charge on any atom is 0.326 e. The van der Waals surface area contributed by atoms with E-state index in [1.165, 1.54) is 0 Å². The third-order valence-electron chi connectivity index (χ3n) is 3.90. The molecule has 1 saturated heterocycles. The van der Waals surface area contributed by atoms with Gasteiger partial charge in [0.1, 0.15) is 6.04 Å². The first-order valence-corrected chi connectivity index (χ1v) is 7.29. The van der Waals surface area contributed by atoms with Crippen LogP contribution in [-0.2, 0) is 14.3 Å². The molecule has 2 atom stereocenters. The van der Waals surface area contributed by atoms with Crippen molar-refractivity contribution in [3.63, 3.8) is 0 Å². The van der Waals surface area contributed by atoms with Crippen LogP contribution in [0.2, 0.25) is 0 Å². The quantitative estimate of drug-likeness (QED) is 0.545. The molecule has 20 heavy (non-hydrogen) atoms. The zero-order valence-corrected chi connectivity index (χ0v) is 12.4. The van der Waals surface area contributed by atoms with Crippen LogP contribution in [0, 0.1) is 5.41 Å². The molecule has 116 valence electrons. The summed E-state index contributed by atoms with van der Waals surface area (Å²) in [6.45, 7) is 3.99. The van der Waals surface area contributed by atoms with Gasteiger partial charge in [-0.15, -0.1) is 0 Å². The summed E-state index contributed by atoms with van der Waals surface area (Å²) in [5.74, 6) is -1.11. The highest BCUT2D eigenvalue weighted by molar-refractivity contribution is 5.87. The summed E-state index contributed by atoms with van der Waals surface area (Å²) >= 11 is 0. The van der Waals surface area contributed by atoms with Gasteiger partial charge in [0.25, 0.3) is 0 Å². The van der Waals surface area contributed by atoms with E-state index in [0.717, 1.165) is 25.8 Å². The number of carboxylic acids is 1. The maximum absolute atomic E-state index is 12.5. The van der Waals surface area contributed by atoms with Gasteiger partial charge in [0.05, 0.1) is 5.41 Å². The molecule has 1 aliphatic heterocycles. The Balaban J connectivity index is 2.61. The Morgan fingerprint density at radius 2 is 2.25 bits per heavy atom. The molecule has 0 aromatic rings. The fourth-order valence-corrected chi connectivity index (χ4v) is 2.74. The number of carboxylic acid groups (broad SMARTS) is 1. The molecule has 1 amide bonds. The molecule has 0 aromatic heterocycles. The number of ether oxygens (including phenoxy) is 1. The average Bonchev–Trinajstić information content (AvgIpc) is 2.87. The normalized spacial score (nSPS) is 23.5. The van der Waals surface area contributed by atoms with Crippen LogP contribution in [0.25, 0.3) is 0 Å². The smallest absolute Gasteiger partial charge is 0.326 e. The van der Waals surface area contributed by atoms with E-state index in [2.05, 4.69) is 10.6 Å². The van der Waals surface area contributed by atoms with Crippen molar-refractivity contribution in [1.82, 2.24) is 10.6 Å². The number of methoxy groups -OCH3 is 1. The molecule has 0 aromatic carbocycles. The van der Waals surface area contributed by atoms with Crippen LogP contribution >= 0.6 is 0 Å². The second kappa shape index (κ2) is 8.21. The molecular formula is C14H26N2O4. The van der Waals surface area contributed by atoms with Gasteiger partial charge in [-0.25, -0.2) is 4.79 Å². The standard InChI is InChI=1S/C14H26N2O4/c1-3-6-14(7-8-15-10-14)13(19)16-11(12(17)18)5-4-9-20-2/h11,15H,3-10H2,1-2H3,(H,16,19)(H,17,18). The number of carbonyl (C=O) groups is 2. The predicted octanol–water partition coefficient (Wildman–Crippen LogP) is 0.762. The highest BCUT2D eigenvalue weighted by atomic mass is 16.5. The van der Waals surface area contributed by atoms with Crippen molar-refractivity contribution in [2.45, 2.75) is 45.1 Å². The summed E-state index contributed by atoms with van der Waals surface area (Å²) in [6.07, 6.45) is 3.49. The highest BCUT2D eigenvalue weighted by Gasteiger charge is 2.41. The zero-order chi connectivity index (χ0) is 15.0. The number of amides is 1. The lowest BCUT2D eigenvalue weighted by Gasteiger charge is -2.28. The maximum atomic E-state index is 12.5. The van der Waals surface area contributed by atoms with Crippen molar-refractivity contribution >= 4 is 11.9 Å². The molecular weight excluding hydrogens is 260 g/mol. The lowest BCUT2D eigenvalue weighted by molar-refractivity contribution is -0.144. The van der Waals surface area contributed by atoms with Gasteiger partial charge in [0.2, 0.25) is 5.91 Å². The van der Waals surface area contributed by atoms with Gasteiger partial charge in [-0.1, -0.05) is 13.3 Å². The number of hydrogen-bond donors (Lipinski definition) is 3. The molecule has 2 unspecified atom stereocenters. The molecule has 0 spiro atoms. The fraction of sp³-hybridized carbons (Fsp3) is 0.857. The van der Waals surface area contributed by atoms with Crippen molar-refractivity contribution in [2.24, 2.45) is 5.41 Å². The van der Waals surface area contributed by atoms with Crippen LogP contribution < -0.4 is 10.6 Å². The minimum atomic E-state index is -0.980. The molecule has 6 heteroatoms. The molecule has 1 fully saturated rings. The lowest BCUT2D eigenvalue weighted by Crippen LogP contribution is -2.49. The van der Waals surface area contributed by atoms with E-state index >= 15 is 0 Å². The topological polar surface area (TPSA) is 87.7 Å². The third-order valence-corrected chi connectivity index (χ3v) is 3.90. The number of nitrogens with one attached hydrogen (secondary N) is 2. The van der Waals surface area contributed by atoms with Crippen LogP contribution in [0.3, 0.4) is 0 Å².